The van der Waals surface area contributed by atoms with Crippen LogP contribution in [0.25, 0.3) is 125 Å². The summed E-state index contributed by atoms with van der Waals surface area (Å²) in [5.41, 5.74) is 8.68. The maximum atomic E-state index is 11.7. The highest BCUT2D eigenvalue weighted by Crippen LogP contribution is 2.54. The topological polar surface area (TPSA) is 63.8 Å². The summed E-state index contributed by atoms with van der Waals surface area (Å²) < 4.78 is 4.44. The molecule has 0 atom stereocenters. The summed E-state index contributed by atoms with van der Waals surface area (Å²) in [6.07, 6.45) is 5.77. The molecule has 0 saturated carbocycles. The molecule has 0 amide bonds. The minimum atomic E-state index is 0.388. The largest absolute Gasteiger partial charge is 0.317 e. The zero-order valence-electron chi connectivity index (χ0n) is 31.8. The molecule has 6 heteroatoms. The zero-order valence-corrected chi connectivity index (χ0v) is 31.8. The fourth-order valence-corrected chi connectivity index (χ4v) is 10.4. The van der Waals surface area contributed by atoms with E-state index in [0.717, 1.165) is 104 Å². The van der Waals surface area contributed by atoms with E-state index >= 15 is 0 Å². The van der Waals surface area contributed by atoms with Crippen molar-refractivity contribution in [1.82, 2.24) is 19.1 Å². The van der Waals surface area contributed by atoms with Crippen LogP contribution in [-0.4, -0.2) is 19.1 Å². The zero-order chi connectivity index (χ0) is 39.6. The molecule has 13 aromatic rings. The van der Waals surface area contributed by atoms with Crippen LogP contribution in [0.2, 0.25) is 0 Å². The van der Waals surface area contributed by atoms with Gasteiger partial charge in [-0.15, -0.1) is 0 Å². The minimum Gasteiger partial charge on any atom is -0.317 e. The number of fused-ring (bicyclic) bond motifs is 6. The van der Waals surface area contributed by atoms with Gasteiger partial charge in [-0.05, 0) is 67.0 Å². The van der Waals surface area contributed by atoms with Gasteiger partial charge in [-0.3, -0.25) is 9.55 Å². The van der Waals surface area contributed by atoms with Gasteiger partial charge in [0.25, 0.3) is 0 Å². The Labute approximate surface area is 342 Å². The van der Waals surface area contributed by atoms with Crippen molar-refractivity contribution in [2.24, 2.45) is 0 Å². The summed E-state index contributed by atoms with van der Waals surface area (Å²) in [7, 11) is 0. The first-order valence-corrected chi connectivity index (χ1v) is 19.9. The normalized spacial score (nSPS) is 12.0. The molecule has 0 spiro atoms. The van der Waals surface area contributed by atoms with E-state index in [2.05, 4.69) is 123 Å². The van der Waals surface area contributed by atoms with Crippen LogP contribution in [0.3, 0.4) is 0 Å². The third kappa shape index (κ3) is 4.04. The smallest absolute Gasteiger partial charge is 0.220 e. The van der Waals surface area contributed by atoms with E-state index in [1.54, 1.807) is 0 Å². The third-order valence-corrected chi connectivity index (χ3v) is 12.6. The number of hydrogen-bond acceptors (Lipinski definition) is 3. The molecule has 0 aliphatic heterocycles. The average molecular weight is 761 g/mol. The van der Waals surface area contributed by atoms with Gasteiger partial charge < -0.3 is 4.57 Å². The van der Waals surface area contributed by atoms with Crippen molar-refractivity contribution in [3.05, 3.63) is 187 Å². The molecule has 9 aromatic carbocycles. The van der Waals surface area contributed by atoms with Crippen molar-refractivity contribution < 1.29 is 0 Å². The summed E-state index contributed by atoms with van der Waals surface area (Å²) in [6, 6.07) is 54.9. The van der Waals surface area contributed by atoms with Crippen molar-refractivity contribution in [3.8, 4) is 39.7 Å². The van der Waals surface area contributed by atoms with E-state index in [1.807, 2.05) is 67.1 Å². The predicted octanol–water partition coefficient (Wildman–Crippen LogP) is 13.9. The van der Waals surface area contributed by atoms with Gasteiger partial charge in [-0.25, -0.2) is 9.83 Å². The summed E-state index contributed by atoms with van der Waals surface area (Å²) in [6.45, 7) is 9.14. The van der Waals surface area contributed by atoms with Crippen LogP contribution in [0.5, 0.6) is 0 Å². The van der Waals surface area contributed by atoms with Gasteiger partial charge >= 0.3 is 0 Å². The molecule has 0 aliphatic rings. The highest BCUT2D eigenvalue weighted by atomic mass is 15.1. The number of benzene rings is 9. The molecule has 0 aliphatic carbocycles. The van der Waals surface area contributed by atoms with Gasteiger partial charge in [-0.1, -0.05) is 133 Å². The molecule has 0 radical (unpaired) electrons. The first-order valence-electron chi connectivity index (χ1n) is 19.9. The maximum Gasteiger partial charge on any atom is 0.220 e. The average Bonchev–Trinajstić information content (AvgIpc) is 3.84. The van der Waals surface area contributed by atoms with E-state index in [4.69, 9.17) is 16.5 Å². The third-order valence-electron chi connectivity index (χ3n) is 12.6. The number of nitrogens with zero attached hydrogens (tertiary/aromatic N) is 6. The van der Waals surface area contributed by atoms with Gasteiger partial charge in [0.15, 0.2) is 0 Å². The Morgan fingerprint density at radius 1 is 0.467 bits per heavy atom. The first kappa shape index (κ1) is 32.5. The molecule has 0 fully saturated rings. The van der Waals surface area contributed by atoms with E-state index in [1.165, 1.54) is 0 Å². The van der Waals surface area contributed by atoms with E-state index in [0.29, 0.717) is 28.2 Å². The van der Waals surface area contributed by atoms with Gasteiger partial charge in [0, 0.05) is 50.5 Å². The Kier molecular flexibility index (Phi) is 6.48. The molecular weight excluding hydrogens is 733 g/mol. The summed E-state index contributed by atoms with van der Waals surface area (Å²) >= 11 is 0. The van der Waals surface area contributed by atoms with Gasteiger partial charge in [0.2, 0.25) is 5.69 Å². The van der Waals surface area contributed by atoms with Crippen molar-refractivity contribution in [2.75, 3.05) is 0 Å². The lowest BCUT2D eigenvalue weighted by Crippen LogP contribution is -2.09. The minimum absolute atomic E-state index is 0.388. The molecule has 0 N–H and O–H groups in total. The van der Waals surface area contributed by atoms with Crippen molar-refractivity contribution >= 4 is 92.5 Å². The van der Waals surface area contributed by atoms with Crippen molar-refractivity contribution in [2.45, 2.75) is 0 Å². The molecule has 60 heavy (non-hydrogen) atoms. The van der Waals surface area contributed by atoms with Crippen molar-refractivity contribution in [1.29, 1.82) is 5.26 Å². The van der Waals surface area contributed by atoms with E-state index in [9.17, 15) is 5.26 Å². The molecule has 13 rings (SSSR count). The van der Waals surface area contributed by atoms with Crippen LogP contribution < -0.4 is 0 Å². The van der Waals surface area contributed by atoms with E-state index < -0.39 is 0 Å². The Balaban J connectivity index is 1.33. The van der Waals surface area contributed by atoms with Crippen LogP contribution in [-0.2, 0) is 0 Å². The molecule has 0 unspecified atom stereocenters. The summed E-state index contributed by atoms with van der Waals surface area (Å²) in [4.78, 5) is 14.5. The number of rotatable bonds is 4. The van der Waals surface area contributed by atoms with Crippen LogP contribution in [0.4, 0.5) is 5.69 Å². The second kappa shape index (κ2) is 12.0. The lowest BCUT2D eigenvalue weighted by Gasteiger charge is -2.25. The quantitative estimate of drug-likeness (QED) is 0.133. The summed E-state index contributed by atoms with van der Waals surface area (Å²) in [5, 5.41) is 25.0. The number of hydrogen-bond donors (Lipinski definition) is 0. The molecule has 4 aromatic heterocycles. The Morgan fingerprint density at radius 3 is 1.60 bits per heavy atom. The predicted molar refractivity (Wildman–Crippen MR) is 245 cm³/mol. The molecule has 0 bridgehead atoms. The molecule has 0 saturated heterocycles. The first-order chi connectivity index (χ1) is 29.8. The lowest BCUT2D eigenvalue weighted by atomic mass is 9.88. The fraction of sp³-hybridized carbons (Fsp3) is 0. The Morgan fingerprint density at radius 2 is 0.983 bits per heavy atom. The second-order valence-corrected chi connectivity index (χ2v) is 15.4. The van der Waals surface area contributed by atoms with Crippen LogP contribution in [0.15, 0.2) is 170 Å². The Bertz CT molecular complexity index is 3620. The van der Waals surface area contributed by atoms with E-state index in [-0.39, 0.29) is 0 Å². The molecule has 6 nitrogen and oxygen atoms in total. The standard InChI is InChI=1S/C54H28N6/c1-56-51-45(31-14-4-2-5-15-31)40(28-55)52(60-43-25-13-23-38-33-18-8-9-19-34(33)39-26-27-58-54(60)50(39)48(38)43)46(32-16-6-3-7-17-32)53(51)59-42-24-12-22-37-35-20-10-11-21-36(35)41-29-57-30-44(59)49(41)47(37)42/h2-27,29-30H. The lowest BCUT2D eigenvalue weighted by molar-refractivity contribution is 1.11. The second-order valence-electron chi connectivity index (χ2n) is 15.4. The highest BCUT2D eigenvalue weighted by Gasteiger charge is 2.33. The SMILES string of the molecule is [C-]#[N+]c1c(-c2ccccc2)c(C#N)c(-n2c3cccc4c5ccccc5c5ccnc2c5c43)c(-c2ccccc2)c1-n1c2cccc3c4ccccc4c4cncc1c4c32. The summed E-state index contributed by atoms with van der Waals surface area (Å²) in [5.74, 6) is 0. The van der Waals surface area contributed by atoms with Crippen LogP contribution in [0.1, 0.15) is 5.56 Å². The Hall–Kier alpha value is -8.58. The van der Waals surface area contributed by atoms with Crippen LogP contribution in [0, 0.1) is 17.9 Å². The highest BCUT2D eigenvalue weighted by molar-refractivity contribution is 6.36. The fourth-order valence-electron chi connectivity index (χ4n) is 10.4. The maximum absolute atomic E-state index is 11.7. The van der Waals surface area contributed by atoms with Gasteiger partial charge in [-0.2, -0.15) is 5.26 Å². The number of pyridine rings is 2. The number of aromatic nitrogens is 4. The molecular formula is C54H28N6. The molecule has 4 heterocycles. The number of nitriles is 1. The molecule has 274 valence electrons. The monoisotopic (exact) mass is 760 g/mol. The van der Waals surface area contributed by atoms with Crippen LogP contribution >= 0.6 is 0 Å². The van der Waals surface area contributed by atoms with Crippen molar-refractivity contribution in [3.63, 3.8) is 0 Å². The van der Waals surface area contributed by atoms with Gasteiger partial charge in [0.05, 0.1) is 46.3 Å². The van der Waals surface area contributed by atoms with Gasteiger partial charge in [0.1, 0.15) is 11.7 Å².